The number of benzene rings is 2. The first-order chi connectivity index (χ1) is 13.9. The Morgan fingerprint density at radius 1 is 1.03 bits per heavy atom. The fraction of sp³-hybridized carbons (Fsp3) is 0.333. The molecule has 29 heavy (non-hydrogen) atoms. The van der Waals surface area contributed by atoms with E-state index in [0.717, 1.165) is 16.7 Å². The van der Waals surface area contributed by atoms with Gasteiger partial charge in [0.2, 0.25) is 15.9 Å². The van der Waals surface area contributed by atoms with Crippen molar-refractivity contribution in [2.24, 2.45) is 0 Å². The van der Waals surface area contributed by atoms with Gasteiger partial charge >= 0.3 is 0 Å². The Kier molecular flexibility index (Phi) is 5.49. The maximum atomic E-state index is 13.1. The van der Waals surface area contributed by atoms with Crippen LogP contribution in [0.2, 0.25) is 0 Å². The number of nitrogens with one attached hydrogen (secondary N) is 1. The van der Waals surface area contributed by atoms with Crippen LogP contribution in [0.3, 0.4) is 0 Å². The lowest BCUT2D eigenvalue weighted by atomic mass is 10.2. The first kappa shape index (κ1) is 19.8. The quantitative estimate of drug-likeness (QED) is 0.685. The third-order valence-corrected chi connectivity index (χ3v) is 7.32. The van der Waals surface area contributed by atoms with Crippen molar-refractivity contribution in [3.05, 3.63) is 65.5 Å². The van der Waals surface area contributed by atoms with E-state index in [0.29, 0.717) is 49.4 Å². The Bertz CT molecular complexity index is 1090. The lowest BCUT2D eigenvalue weighted by Gasteiger charge is -2.31. The van der Waals surface area contributed by atoms with Gasteiger partial charge in [-0.15, -0.1) is 10.2 Å². The smallest absolute Gasteiger partial charge is 0.271 e. The summed E-state index contributed by atoms with van der Waals surface area (Å²) in [5, 5.41) is 8.28. The van der Waals surface area contributed by atoms with E-state index in [-0.39, 0.29) is 0 Å². The molecule has 4 rings (SSSR count). The van der Waals surface area contributed by atoms with Crippen LogP contribution in [0.1, 0.15) is 17.0 Å². The van der Waals surface area contributed by atoms with Crippen LogP contribution < -0.4 is 4.90 Å². The Morgan fingerprint density at radius 2 is 1.76 bits per heavy atom. The normalized spacial score (nSPS) is 16.2. The zero-order valence-electron chi connectivity index (χ0n) is 16.6. The number of hydrogen-bond acceptors (Lipinski definition) is 5. The molecule has 8 heteroatoms. The molecule has 1 aromatic heterocycles. The number of nitrogens with zero attached hydrogens (tertiary/aromatic N) is 3. The van der Waals surface area contributed by atoms with Gasteiger partial charge in [-0.2, -0.15) is 4.31 Å². The molecule has 1 saturated heterocycles. The second-order valence-electron chi connectivity index (χ2n) is 7.47. The van der Waals surface area contributed by atoms with Crippen LogP contribution in [0.25, 0.3) is 11.5 Å². The minimum absolute atomic E-state index is 0.408. The van der Waals surface area contributed by atoms with Gasteiger partial charge in [0.1, 0.15) is 0 Å². The average Bonchev–Trinajstić information content (AvgIpc) is 3.19. The number of rotatable bonds is 5. The summed E-state index contributed by atoms with van der Waals surface area (Å²) in [4.78, 5) is 1.64. The van der Waals surface area contributed by atoms with Crippen LogP contribution in [0.5, 0.6) is 0 Å². The Morgan fingerprint density at radius 3 is 2.48 bits per heavy atom. The van der Waals surface area contributed by atoms with Crippen molar-refractivity contribution in [2.45, 2.75) is 25.3 Å². The molecule has 1 N–H and O–H groups in total. The second-order valence-corrected chi connectivity index (χ2v) is 9.37. The van der Waals surface area contributed by atoms with Crippen molar-refractivity contribution in [3.8, 4) is 11.5 Å². The molecule has 1 aliphatic heterocycles. The molecule has 0 saturated carbocycles. The predicted molar refractivity (Wildman–Crippen MR) is 109 cm³/mol. The molecule has 0 spiro atoms. The number of sulfonamides is 1. The zero-order chi connectivity index (χ0) is 20.4. The van der Waals surface area contributed by atoms with Gasteiger partial charge < -0.3 is 9.32 Å². The third kappa shape index (κ3) is 4.24. The highest BCUT2D eigenvalue weighted by molar-refractivity contribution is 7.89. The SMILES string of the molecule is Cc1ccc(C)c(S(=O)(=O)N2CC[NH+](Cc3nnc(-c4ccccc4)o3)CC2)c1. The fourth-order valence-electron chi connectivity index (χ4n) is 3.58. The van der Waals surface area contributed by atoms with Crippen molar-refractivity contribution >= 4 is 10.0 Å². The highest BCUT2D eigenvalue weighted by Gasteiger charge is 2.32. The van der Waals surface area contributed by atoms with E-state index >= 15 is 0 Å². The van der Waals surface area contributed by atoms with E-state index in [1.807, 2.05) is 56.3 Å². The van der Waals surface area contributed by atoms with Gasteiger partial charge in [-0.3, -0.25) is 0 Å². The lowest BCUT2D eigenvalue weighted by Crippen LogP contribution is -3.13. The van der Waals surface area contributed by atoms with Gasteiger partial charge in [0.25, 0.3) is 5.89 Å². The van der Waals surface area contributed by atoms with Crippen molar-refractivity contribution in [2.75, 3.05) is 26.2 Å². The summed E-state index contributed by atoms with van der Waals surface area (Å²) in [5.74, 6) is 1.08. The third-order valence-electron chi connectivity index (χ3n) is 5.28. The van der Waals surface area contributed by atoms with Crippen LogP contribution in [0.4, 0.5) is 0 Å². The maximum Gasteiger partial charge on any atom is 0.271 e. The van der Waals surface area contributed by atoms with Crippen molar-refractivity contribution in [1.82, 2.24) is 14.5 Å². The molecule has 1 fully saturated rings. The largest absolute Gasteiger partial charge is 0.415 e. The minimum atomic E-state index is -3.47. The molecule has 2 aromatic carbocycles. The number of aromatic nitrogens is 2. The summed E-state index contributed by atoms with van der Waals surface area (Å²) in [6.45, 7) is 6.70. The molecule has 0 aliphatic carbocycles. The molecule has 3 aromatic rings. The number of hydrogen-bond donors (Lipinski definition) is 1. The summed E-state index contributed by atoms with van der Waals surface area (Å²) in [6.07, 6.45) is 0. The van der Waals surface area contributed by atoms with E-state index in [9.17, 15) is 8.42 Å². The Hall–Kier alpha value is -2.55. The summed E-state index contributed by atoms with van der Waals surface area (Å²) in [5.41, 5.74) is 2.62. The van der Waals surface area contributed by atoms with Gasteiger partial charge in [-0.05, 0) is 43.2 Å². The van der Waals surface area contributed by atoms with Gasteiger partial charge in [-0.25, -0.2) is 8.42 Å². The molecule has 7 nitrogen and oxygen atoms in total. The zero-order valence-corrected chi connectivity index (χ0v) is 17.4. The van der Waals surface area contributed by atoms with Crippen LogP contribution in [0, 0.1) is 13.8 Å². The van der Waals surface area contributed by atoms with E-state index in [2.05, 4.69) is 10.2 Å². The van der Waals surface area contributed by atoms with Crippen LogP contribution in [-0.2, 0) is 16.6 Å². The van der Waals surface area contributed by atoms with Gasteiger partial charge in [0.05, 0.1) is 31.1 Å². The van der Waals surface area contributed by atoms with E-state index in [1.165, 1.54) is 4.90 Å². The van der Waals surface area contributed by atoms with E-state index in [4.69, 9.17) is 4.42 Å². The summed E-state index contributed by atoms with van der Waals surface area (Å²) in [7, 11) is -3.47. The molecule has 0 bridgehead atoms. The molecular formula is C21H25N4O3S+. The highest BCUT2D eigenvalue weighted by atomic mass is 32.2. The van der Waals surface area contributed by atoms with Gasteiger partial charge in [0, 0.05) is 5.56 Å². The van der Waals surface area contributed by atoms with Crippen LogP contribution in [-0.4, -0.2) is 49.1 Å². The first-order valence-corrected chi connectivity index (χ1v) is 11.2. The van der Waals surface area contributed by atoms with Crippen molar-refractivity contribution < 1.29 is 17.7 Å². The standard InChI is InChI=1S/C21H24N4O3S/c1-16-8-9-17(2)19(14-16)29(26,27)25-12-10-24(11-13-25)15-20-22-23-21(28-20)18-6-4-3-5-7-18/h3-9,14H,10-13,15H2,1-2H3/p+1. The topological polar surface area (TPSA) is 80.7 Å². The molecule has 152 valence electrons. The second kappa shape index (κ2) is 8.06. The van der Waals surface area contributed by atoms with Crippen LogP contribution >= 0.6 is 0 Å². The highest BCUT2D eigenvalue weighted by Crippen LogP contribution is 2.21. The number of quaternary nitrogens is 1. The monoisotopic (exact) mass is 413 g/mol. The van der Waals surface area contributed by atoms with Crippen molar-refractivity contribution in [3.63, 3.8) is 0 Å². The number of aryl methyl sites for hydroxylation is 2. The molecule has 0 atom stereocenters. The Labute approximate surface area is 171 Å². The average molecular weight is 414 g/mol. The fourth-order valence-corrected chi connectivity index (χ4v) is 5.33. The molecular weight excluding hydrogens is 388 g/mol. The van der Waals surface area contributed by atoms with E-state index < -0.39 is 10.0 Å². The first-order valence-electron chi connectivity index (χ1n) is 9.72. The van der Waals surface area contributed by atoms with Crippen molar-refractivity contribution in [1.29, 1.82) is 0 Å². The molecule has 2 heterocycles. The molecule has 1 aliphatic rings. The Balaban J connectivity index is 1.40. The molecule has 0 radical (unpaired) electrons. The predicted octanol–water partition coefficient (Wildman–Crippen LogP) is 1.44. The van der Waals surface area contributed by atoms with Crippen LogP contribution in [0.15, 0.2) is 57.8 Å². The summed E-state index contributed by atoms with van der Waals surface area (Å²) < 4.78 is 33.5. The van der Waals surface area contributed by atoms with Gasteiger partial charge in [-0.1, -0.05) is 30.3 Å². The van der Waals surface area contributed by atoms with Gasteiger partial charge in [0.15, 0.2) is 6.54 Å². The number of piperazine rings is 1. The lowest BCUT2D eigenvalue weighted by molar-refractivity contribution is -0.918. The molecule has 0 unspecified atom stereocenters. The molecule has 0 amide bonds. The minimum Gasteiger partial charge on any atom is -0.415 e. The van der Waals surface area contributed by atoms with E-state index in [1.54, 1.807) is 10.4 Å². The maximum absolute atomic E-state index is 13.1. The summed E-state index contributed by atoms with van der Waals surface area (Å²) >= 11 is 0. The summed E-state index contributed by atoms with van der Waals surface area (Å²) in [6, 6.07) is 15.2.